The maximum Gasteiger partial charge on any atom is 0.0842 e. The summed E-state index contributed by atoms with van der Waals surface area (Å²) in [6, 6.07) is 40.3. The lowest BCUT2D eigenvalue weighted by Gasteiger charge is -2.39. The molecule has 7 atom stereocenters. The molecule has 53 heavy (non-hydrogen) atoms. The third-order valence-corrected chi connectivity index (χ3v) is 13.8. The first-order valence-corrected chi connectivity index (χ1v) is 20.5. The van der Waals surface area contributed by atoms with E-state index in [9.17, 15) is 0 Å². The van der Waals surface area contributed by atoms with Crippen molar-refractivity contribution in [3.63, 3.8) is 0 Å². The van der Waals surface area contributed by atoms with Gasteiger partial charge in [0.15, 0.2) is 0 Å². The zero-order valence-corrected chi connectivity index (χ0v) is 31.1. The lowest BCUT2D eigenvalue weighted by molar-refractivity contribution is 0.193. The molecule has 7 unspecified atom stereocenters. The quantitative estimate of drug-likeness (QED) is 0.164. The van der Waals surface area contributed by atoms with E-state index in [1.54, 1.807) is 5.56 Å². The van der Waals surface area contributed by atoms with E-state index in [-0.39, 0.29) is 0 Å². The number of anilines is 2. The van der Waals surface area contributed by atoms with Crippen molar-refractivity contribution in [3.05, 3.63) is 138 Å². The van der Waals surface area contributed by atoms with Gasteiger partial charge in [0.05, 0.1) is 5.70 Å². The van der Waals surface area contributed by atoms with Gasteiger partial charge in [0.25, 0.3) is 0 Å². The Kier molecular flexibility index (Phi) is 8.31. The Morgan fingerprint density at radius 2 is 1.57 bits per heavy atom. The molecule has 5 aliphatic rings. The number of nitrogens with zero attached hydrogens (tertiary/aromatic N) is 3. The largest absolute Gasteiger partial charge is 0.358 e. The van der Waals surface area contributed by atoms with Crippen molar-refractivity contribution in [2.75, 3.05) is 4.90 Å². The Morgan fingerprint density at radius 3 is 2.43 bits per heavy atom. The smallest absolute Gasteiger partial charge is 0.0842 e. The van der Waals surface area contributed by atoms with Gasteiger partial charge >= 0.3 is 0 Å². The van der Waals surface area contributed by atoms with E-state index in [2.05, 4.69) is 149 Å². The average Bonchev–Trinajstić information content (AvgIpc) is 3.79. The van der Waals surface area contributed by atoms with E-state index in [4.69, 9.17) is 6.42 Å². The Balaban J connectivity index is 1.02. The van der Waals surface area contributed by atoms with Gasteiger partial charge < -0.3 is 14.4 Å². The van der Waals surface area contributed by atoms with Crippen LogP contribution >= 0.6 is 0 Å². The molecular weight excluding hydrogens is 643 g/mol. The Morgan fingerprint density at radius 1 is 0.811 bits per heavy atom. The molecule has 10 rings (SSSR count). The highest BCUT2D eigenvalue weighted by molar-refractivity contribution is 5.92. The molecule has 2 saturated carbocycles. The molecule has 0 radical (unpaired) electrons. The predicted octanol–water partition coefficient (Wildman–Crippen LogP) is 12.1. The predicted molar refractivity (Wildman–Crippen MR) is 221 cm³/mol. The SMILES string of the molecule is C#C/C(=C\CC(C)n1c2c(c3ccccc31)C=CCC2)N1C2CCCCC2C2C3C(CCCC21)c1ccccc1N3c1ccc(-c2ccccc2)cc1. The number of para-hydroxylation sites is 2. The molecule has 1 aromatic heterocycles. The number of allylic oxidation sites excluding steroid dienone is 3. The summed E-state index contributed by atoms with van der Waals surface area (Å²) in [5.41, 5.74) is 12.3. The number of aromatic nitrogens is 1. The van der Waals surface area contributed by atoms with Crippen molar-refractivity contribution in [2.24, 2.45) is 11.8 Å². The van der Waals surface area contributed by atoms with Crippen molar-refractivity contribution >= 4 is 28.4 Å². The molecule has 266 valence electrons. The van der Waals surface area contributed by atoms with Crippen LogP contribution in [0.5, 0.6) is 0 Å². The molecular formula is C50H51N3. The molecule has 3 aliphatic carbocycles. The maximum atomic E-state index is 6.61. The second-order valence-corrected chi connectivity index (χ2v) is 16.4. The molecule has 3 heterocycles. The van der Waals surface area contributed by atoms with Crippen molar-refractivity contribution in [1.29, 1.82) is 0 Å². The molecule has 0 bridgehead atoms. The molecule has 0 spiro atoms. The van der Waals surface area contributed by atoms with Gasteiger partial charge in [0.1, 0.15) is 0 Å². The summed E-state index contributed by atoms with van der Waals surface area (Å²) in [4.78, 5) is 5.61. The van der Waals surface area contributed by atoms with Gasteiger partial charge in [0, 0.05) is 69.5 Å². The molecule has 3 fully saturated rings. The van der Waals surface area contributed by atoms with Crippen LogP contribution in [0.25, 0.3) is 28.1 Å². The summed E-state index contributed by atoms with van der Waals surface area (Å²) in [6.45, 7) is 2.40. The van der Waals surface area contributed by atoms with E-state index in [1.807, 2.05) is 0 Å². The highest BCUT2D eigenvalue weighted by atomic mass is 15.3. The van der Waals surface area contributed by atoms with Crippen molar-refractivity contribution in [3.8, 4) is 23.5 Å². The zero-order chi connectivity index (χ0) is 35.5. The first-order valence-electron chi connectivity index (χ1n) is 20.5. The summed E-state index contributed by atoms with van der Waals surface area (Å²) in [5, 5.41) is 1.38. The molecule has 4 aromatic carbocycles. The van der Waals surface area contributed by atoms with Crippen molar-refractivity contribution in [1.82, 2.24) is 9.47 Å². The molecule has 1 saturated heterocycles. The van der Waals surface area contributed by atoms with E-state index >= 15 is 0 Å². The summed E-state index contributed by atoms with van der Waals surface area (Å²) in [6.07, 6.45) is 25.8. The maximum absolute atomic E-state index is 6.61. The molecule has 3 nitrogen and oxygen atoms in total. The monoisotopic (exact) mass is 693 g/mol. The van der Waals surface area contributed by atoms with Crippen molar-refractivity contribution in [2.45, 2.75) is 101 Å². The molecule has 0 N–H and O–H groups in total. The number of benzene rings is 4. The van der Waals surface area contributed by atoms with Crippen LogP contribution in [0.2, 0.25) is 0 Å². The number of hydrogen-bond acceptors (Lipinski definition) is 2. The van der Waals surface area contributed by atoms with Gasteiger partial charge in [-0.15, -0.1) is 6.42 Å². The lowest BCUT2D eigenvalue weighted by Crippen LogP contribution is -2.44. The molecule has 3 heteroatoms. The summed E-state index contributed by atoms with van der Waals surface area (Å²) in [7, 11) is 0. The van der Waals surface area contributed by atoms with Gasteiger partial charge in [-0.05, 0) is 98.7 Å². The van der Waals surface area contributed by atoms with E-state index in [0.717, 1.165) is 25.0 Å². The van der Waals surface area contributed by atoms with Crippen LogP contribution < -0.4 is 4.90 Å². The van der Waals surface area contributed by atoms with Gasteiger partial charge in [-0.25, -0.2) is 0 Å². The van der Waals surface area contributed by atoms with Crippen LogP contribution in [-0.4, -0.2) is 27.6 Å². The van der Waals surface area contributed by atoms with Gasteiger partial charge in [-0.2, -0.15) is 0 Å². The fourth-order valence-corrected chi connectivity index (χ4v) is 11.8. The number of rotatable bonds is 6. The molecule has 2 aliphatic heterocycles. The van der Waals surface area contributed by atoms with Gasteiger partial charge in [0.2, 0.25) is 0 Å². The van der Waals surface area contributed by atoms with Crippen LogP contribution in [0.15, 0.2) is 121 Å². The van der Waals surface area contributed by atoms with Crippen LogP contribution in [0, 0.1) is 24.2 Å². The third kappa shape index (κ3) is 5.32. The average molecular weight is 694 g/mol. The highest BCUT2D eigenvalue weighted by Gasteiger charge is 2.58. The zero-order valence-electron chi connectivity index (χ0n) is 31.1. The number of likely N-dealkylation sites (tertiary alicyclic amines) is 1. The van der Waals surface area contributed by atoms with Crippen LogP contribution in [0.3, 0.4) is 0 Å². The van der Waals surface area contributed by atoms with Gasteiger partial charge in [-0.1, -0.05) is 122 Å². The second kappa shape index (κ2) is 13.5. The number of terminal acetylenes is 1. The number of fused-ring (bicyclic) bond motifs is 10. The summed E-state index contributed by atoms with van der Waals surface area (Å²) in [5.74, 6) is 5.08. The topological polar surface area (TPSA) is 11.4 Å². The normalized spacial score (nSPS) is 26.6. The molecule has 5 aromatic rings. The second-order valence-electron chi connectivity index (χ2n) is 16.4. The van der Waals surface area contributed by atoms with Crippen molar-refractivity contribution < 1.29 is 0 Å². The van der Waals surface area contributed by atoms with E-state index < -0.39 is 0 Å². The minimum atomic E-state index is 0.330. The third-order valence-electron chi connectivity index (χ3n) is 13.8. The van der Waals surface area contributed by atoms with Crippen LogP contribution in [0.1, 0.15) is 93.5 Å². The van der Waals surface area contributed by atoms with E-state index in [1.165, 1.54) is 89.6 Å². The first-order chi connectivity index (χ1) is 26.2. The lowest BCUT2D eigenvalue weighted by atomic mass is 9.72. The number of hydrogen-bond donors (Lipinski definition) is 0. The minimum absolute atomic E-state index is 0.330. The summed E-state index contributed by atoms with van der Waals surface area (Å²) < 4.78 is 2.63. The fourth-order valence-electron chi connectivity index (χ4n) is 11.8. The van der Waals surface area contributed by atoms with E-state index in [0.29, 0.717) is 41.9 Å². The minimum Gasteiger partial charge on any atom is -0.358 e. The fraction of sp³-hybridized carbons (Fsp3) is 0.360. The Hall–Kier alpha value is -4.94. The molecule has 0 amide bonds. The highest BCUT2D eigenvalue weighted by Crippen LogP contribution is 2.59. The first kappa shape index (κ1) is 32.7. The standard InChI is InChI=1S/C50H51N3/c1-3-37(31-28-34(2)51-44-23-11-7-18-39(44)40-19-8-12-24-45(40)51)52-47-26-14-10-21-43(47)49-48(52)27-15-22-42-41-20-9-13-25-46(41)53(50(42)49)38-32-29-36(30-33-38)35-16-5-4-6-17-35/h1,4-9,11,13,16-20,23,25,29-34,42-43,47-50H,10,12,14-15,21-22,24,26-28H2,2H3/b37-31+. The van der Waals surface area contributed by atoms with Gasteiger partial charge in [-0.3, -0.25) is 0 Å². The Labute approximate surface area is 316 Å². The van der Waals surface area contributed by atoms with Crippen LogP contribution in [0.4, 0.5) is 11.4 Å². The summed E-state index contributed by atoms with van der Waals surface area (Å²) >= 11 is 0. The Bertz CT molecular complexity index is 2230. The van der Waals surface area contributed by atoms with Crippen LogP contribution in [-0.2, 0) is 6.42 Å².